The molecule has 0 aliphatic rings. The van der Waals surface area contributed by atoms with E-state index < -0.39 is 0 Å². The van der Waals surface area contributed by atoms with Gasteiger partial charge in [0.15, 0.2) is 0 Å². The van der Waals surface area contributed by atoms with Crippen molar-refractivity contribution < 1.29 is 28.4 Å². The standard InChI is InChI=1S/C20H42N4O4/c1-17(15-21-18(25)28-14-12-24(6,7)8)9-10-20(2,3)16-22-19(26)27-13-11-23(4)5/h17,23H,4,9-16H2,1-3,5-8H3,(H-,21,22,25,26)/p+1. The van der Waals surface area contributed by atoms with Gasteiger partial charge in [0.05, 0.1) is 27.7 Å². The molecule has 28 heavy (non-hydrogen) atoms. The van der Waals surface area contributed by atoms with Crippen molar-refractivity contribution in [2.45, 2.75) is 33.6 Å². The van der Waals surface area contributed by atoms with Crippen LogP contribution < -0.4 is 15.5 Å². The van der Waals surface area contributed by atoms with Gasteiger partial charge in [-0.05, 0) is 24.2 Å². The highest BCUT2D eigenvalue weighted by Crippen LogP contribution is 2.23. The average molecular weight is 404 g/mol. The van der Waals surface area contributed by atoms with Crippen LogP contribution in [0.4, 0.5) is 9.59 Å². The van der Waals surface area contributed by atoms with Crippen molar-refractivity contribution in [2.75, 3.05) is 67.6 Å². The van der Waals surface area contributed by atoms with Crippen LogP contribution in [0.1, 0.15) is 33.6 Å². The van der Waals surface area contributed by atoms with Crippen LogP contribution in [0, 0.1) is 18.4 Å². The van der Waals surface area contributed by atoms with Crippen molar-refractivity contribution in [3.8, 4) is 0 Å². The van der Waals surface area contributed by atoms with Crippen LogP contribution in [0.5, 0.6) is 0 Å². The molecule has 0 bridgehead atoms. The van der Waals surface area contributed by atoms with Crippen molar-refractivity contribution in [3.63, 3.8) is 0 Å². The Kier molecular flexibility index (Phi) is 12.1. The number of hydrogen-bond donors (Lipinski definition) is 3. The van der Waals surface area contributed by atoms with Gasteiger partial charge in [-0.25, -0.2) is 9.59 Å². The number of hydrogen-bond acceptors (Lipinski definition) is 4. The Morgan fingerprint density at radius 1 is 1.11 bits per heavy atom. The molecule has 2 atom stereocenters. The summed E-state index contributed by atoms with van der Waals surface area (Å²) in [5, 5.41) is 5.65. The molecule has 0 rings (SSSR count). The van der Waals surface area contributed by atoms with E-state index in [2.05, 4.69) is 59.6 Å². The Balaban J connectivity index is 3.94. The van der Waals surface area contributed by atoms with E-state index in [1.807, 2.05) is 7.05 Å². The lowest BCUT2D eigenvalue weighted by atomic mass is 9.85. The average Bonchev–Trinajstić information content (AvgIpc) is 2.55. The Bertz CT molecular complexity index is 462. The number of nitrogens with zero attached hydrogens (tertiary/aromatic N) is 1. The first-order chi connectivity index (χ1) is 12.8. The van der Waals surface area contributed by atoms with Crippen molar-refractivity contribution >= 4 is 12.2 Å². The Morgan fingerprint density at radius 2 is 1.68 bits per heavy atom. The van der Waals surface area contributed by atoms with E-state index in [4.69, 9.17) is 9.47 Å². The molecule has 3 N–H and O–H groups in total. The zero-order chi connectivity index (χ0) is 21.8. The first-order valence-corrected chi connectivity index (χ1v) is 10.1. The molecule has 0 saturated carbocycles. The minimum absolute atomic E-state index is 0.0488. The van der Waals surface area contributed by atoms with Crippen molar-refractivity contribution in [1.29, 1.82) is 0 Å². The fourth-order valence-corrected chi connectivity index (χ4v) is 2.23. The van der Waals surface area contributed by atoms with Crippen LogP contribution >= 0.6 is 0 Å². The van der Waals surface area contributed by atoms with Gasteiger partial charge in [-0.15, -0.1) is 0 Å². The molecule has 2 amide bonds. The minimum Gasteiger partial charge on any atom is -0.467 e. The molecule has 8 nitrogen and oxygen atoms in total. The third-order valence-electron chi connectivity index (χ3n) is 4.38. The number of alkyl carbamates (subject to hydrolysis) is 2. The topological polar surface area (TPSA) is 81.1 Å². The van der Waals surface area contributed by atoms with E-state index in [-0.39, 0.29) is 17.6 Å². The minimum atomic E-state index is -0.388. The molecule has 0 heterocycles. The molecular weight excluding hydrogens is 360 g/mol. The van der Waals surface area contributed by atoms with E-state index in [9.17, 15) is 9.59 Å². The Hall–Kier alpha value is -1.54. The predicted octanol–water partition coefficient (Wildman–Crippen LogP) is 0.894. The Morgan fingerprint density at radius 3 is 2.25 bits per heavy atom. The molecule has 0 saturated heterocycles. The molecule has 0 radical (unpaired) electrons. The summed E-state index contributed by atoms with van der Waals surface area (Å²) in [7, 11) is 11.9. The molecule has 166 valence electrons. The molecular formula is C20H43N4O4+. The smallest absolute Gasteiger partial charge is 0.407 e. The van der Waals surface area contributed by atoms with Crippen LogP contribution in [-0.2, 0) is 9.47 Å². The zero-order valence-electron chi connectivity index (χ0n) is 19.0. The highest BCUT2D eigenvalue weighted by atomic mass is 16.6. The summed E-state index contributed by atoms with van der Waals surface area (Å²) in [5.41, 5.74) is -0.0488. The van der Waals surface area contributed by atoms with Gasteiger partial charge in [-0.2, -0.15) is 7.05 Å². The van der Waals surface area contributed by atoms with Gasteiger partial charge in [0.1, 0.15) is 19.8 Å². The van der Waals surface area contributed by atoms with Crippen molar-refractivity contribution in [2.24, 2.45) is 11.3 Å². The number of carbonyl (C=O) groups is 2. The van der Waals surface area contributed by atoms with Crippen LogP contribution in [0.15, 0.2) is 0 Å². The van der Waals surface area contributed by atoms with Gasteiger partial charge in [-0.1, -0.05) is 20.8 Å². The monoisotopic (exact) mass is 403 g/mol. The van der Waals surface area contributed by atoms with Crippen LogP contribution in [0.2, 0.25) is 0 Å². The second kappa shape index (κ2) is 12.8. The highest BCUT2D eigenvalue weighted by Gasteiger charge is 2.20. The third kappa shape index (κ3) is 16.6. The third-order valence-corrected chi connectivity index (χ3v) is 4.38. The molecule has 8 heteroatoms. The summed E-state index contributed by atoms with van der Waals surface area (Å²) in [4.78, 5) is 24.4. The first kappa shape index (κ1) is 26.5. The molecule has 0 aliphatic heterocycles. The summed E-state index contributed by atoms with van der Waals surface area (Å²) >= 11 is 0. The number of rotatable bonds is 13. The fraction of sp³-hybridized carbons (Fsp3) is 0.850. The lowest BCUT2D eigenvalue weighted by Gasteiger charge is -2.26. The summed E-state index contributed by atoms with van der Waals surface area (Å²) in [6.45, 7) is 9.67. The maximum atomic E-state index is 11.7. The molecule has 0 spiro atoms. The fourth-order valence-electron chi connectivity index (χ4n) is 2.23. The predicted molar refractivity (Wildman–Crippen MR) is 111 cm³/mol. The normalized spacial score (nSPS) is 14.1. The van der Waals surface area contributed by atoms with E-state index in [1.54, 1.807) is 0 Å². The summed E-state index contributed by atoms with van der Waals surface area (Å²) in [5.74, 6) is 0.327. The second-order valence-electron chi connectivity index (χ2n) is 9.54. The lowest BCUT2D eigenvalue weighted by Crippen LogP contribution is -3.04. The van der Waals surface area contributed by atoms with E-state index in [1.165, 1.54) is 0 Å². The SMILES string of the molecule is [CH2-][NH+](C)CCOC(=O)NCC(C)(C)CCC(C)CNC(=O)OCC[N+](C)(C)C. The summed E-state index contributed by atoms with van der Waals surface area (Å²) in [6, 6.07) is 0. The first-order valence-electron chi connectivity index (χ1n) is 10.1. The summed E-state index contributed by atoms with van der Waals surface area (Å²) < 4.78 is 11.1. The molecule has 2 unspecified atom stereocenters. The molecule has 0 aliphatic carbocycles. The van der Waals surface area contributed by atoms with Crippen LogP contribution in [0.3, 0.4) is 0 Å². The lowest BCUT2D eigenvalue weighted by molar-refractivity contribution is -0.870. The number of quaternary nitrogens is 2. The molecule has 0 aromatic rings. The number of nitrogens with one attached hydrogen (secondary N) is 3. The van der Waals surface area contributed by atoms with Gasteiger partial charge < -0.3 is 29.5 Å². The summed E-state index contributed by atoms with van der Waals surface area (Å²) in [6.07, 6.45) is 1.12. The van der Waals surface area contributed by atoms with Crippen molar-refractivity contribution in [3.05, 3.63) is 7.05 Å². The van der Waals surface area contributed by atoms with Crippen LogP contribution in [0.25, 0.3) is 0 Å². The van der Waals surface area contributed by atoms with Gasteiger partial charge in [-0.3, -0.25) is 0 Å². The number of amides is 2. The highest BCUT2D eigenvalue weighted by molar-refractivity contribution is 5.67. The number of likely N-dealkylation sites (N-methyl/N-ethyl adjacent to an activating group) is 2. The second-order valence-corrected chi connectivity index (χ2v) is 9.54. The van der Waals surface area contributed by atoms with Gasteiger partial charge in [0, 0.05) is 20.1 Å². The molecule has 0 aromatic carbocycles. The largest absolute Gasteiger partial charge is 0.467 e. The van der Waals surface area contributed by atoms with E-state index >= 15 is 0 Å². The maximum Gasteiger partial charge on any atom is 0.407 e. The zero-order valence-corrected chi connectivity index (χ0v) is 19.0. The quantitative estimate of drug-likeness (QED) is 0.315. The van der Waals surface area contributed by atoms with E-state index in [0.717, 1.165) is 28.8 Å². The van der Waals surface area contributed by atoms with Gasteiger partial charge >= 0.3 is 12.2 Å². The van der Waals surface area contributed by atoms with Crippen molar-refractivity contribution in [1.82, 2.24) is 10.6 Å². The molecule has 0 aromatic heterocycles. The van der Waals surface area contributed by atoms with Gasteiger partial charge in [0.25, 0.3) is 0 Å². The number of ether oxygens (including phenoxy) is 2. The molecule has 0 fully saturated rings. The van der Waals surface area contributed by atoms with Gasteiger partial charge in [0.2, 0.25) is 0 Å². The Labute approximate surface area is 171 Å². The maximum absolute atomic E-state index is 11.7. The number of carbonyl (C=O) groups excluding carboxylic acids is 2. The van der Waals surface area contributed by atoms with Crippen LogP contribution in [-0.4, -0.2) is 84.3 Å². The van der Waals surface area contributed by atoms with E-state index in [0.29, 0.717) is 38.8 Å².